The van der Waals surface area contributed by atoms with Crippen LogP contribution in [0.5, 0.6) is 0 Å². The quantitative estimate of drug-likeness (QED) is 0.775. The molecule has 0 aliphatic heterocycles. The van der Waals surface area contributed by atoms with Crippen molar-refractivity contribution in [3.63, 3.8) is 0 Å². The van der Waals surface area contributed by atoms with Crippen LogP contribution in [-0.2, 0) is 6.54 Å². The van der Waals surface area contributed by atoms with Crippen LogP contribution in [0.25, 0.3) is 11.3 Å². The first-order valence-corrected chi connectivity index (χ1v) is 7.47. The summed E-state index contributed by atoms with van der Waals surface area (Å²) in [5.41, 5.74) is 2.67. The second-order valence-corrected chi connectivity index (χ2v) is 5.54. The molecule has 1 aromatic carbocycles. The van der Waals surface area contributed by atoms with E-state index in [1.807, 2.05) is 37.3 Å². The van der Waals surface area contributed by atoms with E-state index in [1.165, 1.54) is 0 Å². The van der Waals surface area contributed by atoms with Crippen LogP contribution in [-0.4, -0.2) is 28.3 Å². The van der Waals surface area contributed by atoms with Crippen LogP contribution in [0.2, 0.25) is 0 Å². The molecule has 0 saturated heterocycles. The maximum atomic E-state index is 11.8. The maximum Gasteiger partial charge on any atom is 0.343 e. The van der Waals surface area contributed by atoms with Crippen molar-refractivity contribution in [3.05, 3.63) is 65.5 Å². The molecule has 2 heterocycles. The Kier molecular flexibility index (Phi) is 4.29. The number of carbonyl (C=O) groups is 1. The molecule has 1 N–H and O–H groups in total. The second kappa shape index (κ2) is 6.54. The first-order chi connectivity index (χ1) is 11.6. The van der Waals surface area contributed by atoms with Gasteiger partial charge in [0.25, 0.3) is 0 Å². The topological polar surface area (TPSA) is 79.5 Å². The molecule has 24 heavy (non-hydrogen) atoms. The van der Waals surface area contributed by atoms with E-state index in [2.05, 4.69) is 10.1 Å². The van der Waals surface area contributed by atoms with Gasteiger partial charge in [-0.25, -0.2) is 4.79 Å². The standard InChI is InChI=1S/C18H17N3O3/c1-12-10-13(8-9-19-12)11-21(2)17-15(18(22)23)16(24-20-17)14-6-4-3-5-7-14/h3-10H,11H2,1-2H3,(H,22,23). The van der Waals surface area contributed by atoms with Gasteiger partial charge in [0, 0.05) is 31.0 Å². The summed E-state index contributed by atoms with van der Waals surface area (Å²) in [6.07, 6.45) is 1.73. The number of aromatic nitrogens is 2. The van der Waals surface area contributed by atoms with Gasteiger partial charge in [0.05, 0.1) is 0 Å². The van der Waals surface area contributed by atoms with Gasteiger partial charge in [0.1, 0.15) is 0 Å². The zero-order valence-electron chi connectivity index (χ0n) is 13.4. The van der Waals surface area contributed by atoms with Crippen molar-refractivity contribution in [2.75, 3.05) is 11.9 Å². The molecule has 0 unspecified atom stereocenters. The fourth-order valence-corrected chi connectivity index (χ4v) is 2.57. The van der Waals surface area contributed by atoms with E-state index in [1.54, 1.807) is 30.3 Å². The fraction of sp³-hybridized carbons (Fsp3) is 0.167. The Labute approximate surface area is 139 Å². The lowest BCUT2D eigenvalue weighted by atomic mass is 10.1. The zero-order valence-corrected chi connectivity index (χ0v) is 13.4. The third-order valence-electron chi connectivity index (χ3n) is 3.67. The molecule has 6 nitrogen and oxygen atoms in total. The number of aromatic carboxylic acids is 1. The predicted octanol–water partition coefficient (Wildman–Crippen LogP) is 3.38. The Balaban J connectivity index is 1.96. The van der Waals surface area contributed by atoms with Gasteiger partial charge in [0.15, 0.2) is 17.1 Å². The van der Waals surface area contributed by atoms with E-state index >= 15 is 0 Å². The third-order valence-corrected chi connectivity index (χ3v) is 3.67. The van der Waals surface area contributed by atoms with Crippen LogP contribution in [0.1, 0.15) is 21.6 Å². The monoisotopic (exact) mass is 323 g/mol. The summed E-state index contributed by atoms with van der Waals surface area (Å²) >= 11 is 0. The highest BCUT2D eigenvalue weighted by Gasteiger charge is 2.26. The van der Waals surface area contributed by atoms with E-state index in [9.17, 15) is 9.90 Å². The van der Waals surface area contributed by atoms with Crippen LogP contribution < -0.4 is 4.90 Å². The summed E-state index contributed by atoms with van der Waals surface area (Å²) in [6, 6.07) is 12.9. The van der Waals surface area contributed by atoms with E-state index in [4.69, 9.17) is 4.52 Å². The number of carboxylic acids is 1. The van der Waals surface area contributed by atoms with E-state index in [-0.39, 0.29) is 11.3 Å². The Bertz CT molecular complexity index is 859. The van der Waals surface area contributed by atoms with Crippen LogP contribution in [0, 0.1) is 6.92 Å². The van der Waals surface area contributed by atoms with Crippen molar-refractivity contribution in [1.82, 2.24) is 10.1 Å². The number of hydrogen-bond acceptors (Lipinski definition) is 5. The molecule has 0 saturated carbocycles. The summed E-state index contributed by atoms with van der Waals surface area (Å²) in [5, 5.41) is 13.6. The number of benzene rings is 1. The van der Waals surface area contributed by atoms with Gasteiger partial charge in [-0.15, -0.1) is 0 Å². The summed E-state index contributed by atoms with van der Waals surface area (Å²) < 4.78 is 5.34. The first-order valence-electron chi connectivity index (χ1n) is 7.47. The van der Waals surface area contributed by atoms with E-state index < -0.39 is 5.97 Å². The summed E-state index contributed by atoms with van der Waals surface area (Å²) in [7, 11) is 1.79. The predicted molar refractivity (Wildman–Crippen MR) is 90.0 cm³/mol. The molecule has 0 amide bonds. The van der Waals surface area contributed by atoms with Crippen molar-refractivity contribution in [2.45, 2.75) is 13.5 Å². The SMILES string of the molecule is Cc1cc(CN(C)c2noc(-c3ccccc3)c2C(=O)O)ccn1. The number of hydrogen-bond donors (Lipinski definition) is 1. The number of anilines is 1. The molecular formula is C18H17N3O3. The molecule has 3 aromatic rings. The van der Waals surface area contributed by atoms with Crippen molar-refractivity contribution in [1.29, 1.82) is 0 Å². The molecule has 0 aliphatic carbocycles. The van der Waals surface area contributed by atoms with Crippen LogP contribution in [0.15, 0.2) is 53.2 Å². The highest BCUT2D eigenvalue weighted by Crippen LogP contribution is 2.31. The Morgan fingerprint density at radius 3 is 2.67 bits per heavy atom. The largest absolute Gasteiger partial charge is 0.477 e. The number of nitrogens with zero attached hydrogens (tertiary/aromatic N) is 3. The highest BCUT2D eigenvalue weighted by molar-refractivity contribution is 5.99. The van der Waals surface area contributed by atoms with Crippen LogP contribution >= 0.6 is 0 Å². The third kappa shape index (κ3) is 3.12. The lowest BCUT2D eigenvalue weighted by Crippen LogP contribution is -2.19. The van der Waals surface area contributed by atoms with Gasteiger partial charge >= 0.3 is 5.97 Å². The Morgan fingerprint density at radius 1 is 1.25 bits per heavy atom. The molecule has 2 aromatic heterocycles. The number of pyridine rings is 1. The summed E-state index contributed by atoms with van der Waals surface area (Å²) in [6.45, 7) is 2.42. The number of rotatable bonds is 5. The summed E-state index contributed by atoms with van der Waals surface area (Å²) in [5.74, 6) is -0.505. The van der Waals surface area contributed by atoms with Crippen LogP contribution in [0.4, 0.5) is 5.82 Å². The maximum absolute atomic E-state index is 11.8. The molecule has 0 atom stereocenters. The lowest BCUT2D eigenvalue weighted by molar-refractivity contribution is 0.0698. The molecule has 0 bridgehead atoms. The van der Waals surface area contributed by atoms with Gasteiger partial charge in [-0.3, -0.25) is 4.98 Å². The van der Waals surface area contributed by atoms with Gasteiger partial charge in [0.2, 0.25) is 0 Å². The van der Waals surface area contributed by atoms with Crippen LogP contribution in [0.3, 0.4) is 0 Å². The first kappa shape index (κ1) is 15.7. The van der Waals surface area contributed by atoms with Gasteiger partial charge in [-0.05, 0) is 24.6 Å². The Morgan fingerprint density at radius 2 is 2.00 bits per heavy atom. The van der Waals surface area contributed by atoms with Crippen molar-refractivity contribution >= 4 is 11.8 Å². The number of aryl methyl sites for hydroxylation is 1. The molecule has 3 rings (SSSR count). The average molecular weight is 323 g/mol. The molecular weight excluding hydrogens is 306 g/mol. The van der Waals surface area contributed by atoms with Gasteiger partial charge in [-0.1, -0.05) is 35.5 Å². The molecule has 0 aliphatic rings. The van der Waals surface area contributed by atoms with Crippen molar-refractivity contribution in [2.24, 2.45) is 0 Å². The van der Waals surface area contributed by atoms with Crippen molar-refractivity contribution in [3.8, 4) is 11.3 Å². The highest BCUT2D eigenvalue weighted by atomic mass is 16.5. The molecule has 0 radical (unpaired) electrons. The lowest BCUT2D eigenvalue weighted by Gasteiger charge is -2.16. The van der Waals surface area contributed by atoms with Gasteiger partial charge in [-0.2, -0.15) is 0 Å². The molecule has 6 heteroatoms. The van der Waals surface area contributed by atoms with Crippen molar-refractivity contribution < 1.29 is 14.4 Å². The average Bonchev–Trinajstić information content (AvgIpc) is 3.01. The smallest absolute Gasteiger partial charge is 0.343 e. The zero-order chi connectivity index (χ0) is 17.1. The minimum Gasteiger partial charge on any atom is -0.477 e. The minimum absolute atomic E-state index is 0.0643. The molecule has 0 fully saturated rings. The summed E-state index contributed by atoms with van der Waals surface area (Å²) in [4.78, 5) is 17.7. The normalized spacial score (nSPS) is 10.6. The second-order valence-electron chi connectivity index (χ2n) is 5.54. The molecule has 122 valence electrons. The minimum atomic E-state index is -1.07. The van der Waals surface area contributed by atoms with E-state index in [0.29, 0.717) is 17.9 Å². The van der Waals surface area contributed by atoms with E-state index in [0.717, 1.165) is 11.3 Å². The van der Waals surface area contributed by atoms with Gasteiger partial charge < -0.3 is 14.5 Å². The Hall–Kier alpha value is -3.15. The fourth-order valence-electron chi connectivity index (χ4n) is 2.57. The molecule has 0 spiro atoms. The number of carboxylic acid groups (broad SMARTS) is 1.